The number of nitrogens with zero attached hydrogens (tertiary/aromatic N) is 3. The largest absolute Gasteiger partial charge is 0.306 e. The second-order valence-electron chi connectivity index (χ2n) is 5.48. The van der Waals surface area contributed by atoms with Crippen LogP contribution in [0, 0.1) is 0 Å². The van der Waals surface area contributed by atoms with E-state index in [-0.39, 0.29) is 5.91 Å². The van der Waals surface area contributed by atoms with Crippen molar-refractivity contribution < 1.29 is 4.79 Å². The summed E-state index contributed by atoms with van der Waals surface area (Å²) in [6.07, 6.45) is 4.88. The number of hydrogen-bond acceptors (Lipinski definition) is 3. The van der Waals surface area contributed by atoms with Gasteiger partial charge >= 0.3 is 0 Å². The Bertz CT molecular complexity index is 1050. The predicted octanol–water partition coefficient (Wildman–Crippen LogP) is 4.41. The Morgan fingerprint density at radius 3 is 2.60 bits per heavy atom. The van der Waals surface area contributed by atoms with Crippen molar-refractivity contribution in [2.24, 2.45) is 0 Å². The van der Waals surface area contributed by atoms with Crippen LogP contribution in [-0.2, 0) is 0 Å². The molecule has 4 rings (SSSR count). The van der Waals surface area contributed by atoms with Crippen molar-refractivity contribution in [2.45, 2.75) is 0 Å². The van der Waals surface area contributed by atoms with Gasteiger partial charge in [0.2, 0.25) is 0 Å². The molecule has 1 aromatic carbocycles. The van der Waals surface area contributed by atoms with E-state index in [9.17, 15) is 4.79 Å². The Hall–Kier alpha value is -2.99. The van der Waals surface area contributed by atoms with E-state index >= 15 is 0 Å². The quantitative estimate of drug-likeness (QED) is 0.561. The Labute approximate surface area is 152 Å². The summed E-state index contributed by atoms with van der Waals surface area (Å²) in [4.78, 5) is 16.5. The summed E-state index contributed by atoms with van der Waals surface area (Å²) in [7, 11) is 0. The van der Waals surface area contributed by atoms with Crippen LogP contribution in [0.2, 0.25) is 0 Å². The van der Waals surface area contributed by atoms with Gasteiger partial charge in [0.25, 0.3) is 5.91 Å². The lowest BCUT2D eigenvalue weighted by Gasteiger charge is -2.11. The maximum absolute atomic E-state index is 12.5. The van der Waals surface area contributed by atoms with Gasteiger partial charge in [-0.2, -0.15) is 5.10 Å². The number of fused-ring (bicyclic) bond motifs is 1. The van der Waals surface area contributed by atoms with Gasteiger partial charge < -0.3 is 5.32 Å². The van der Waals surface area contributed by atoms with Crippen molar-refractivity contribution >= 4 is 33.2 Å². The summed E-state index contributed by atoms with van der Waals surface area (Å²) < 4.78 is 2.56. The van der Waals surface area contributed by atoms with E-state index in [0.29, 0.717) is 11.4 Å². The highest BCUT2D eigenvalue weighted by atomic mass is 79.9. The zero-order valence-corrected chi connectivity index (χ0v) is 14.6. The molecule has 1 N–H and O–H groups in total. The second kappa shape index (κ2) is 6.49. The van der Waals surface area contributed by atoms with Gasteiger partial charge in [-0.1, -0.05) is 30.3 Å². The fraction of sp³-hybridized carbons (Fsp3) is 0. The fourth-order valence-electron chi connectivity index (χ4n) is 2.63. The van der Waals surface area contributed by atoms with Gasteiger partial charge in [-0.3, -0.25) is 9.78 Å². The van der Waals surface area contributed by atoms with Crippen LogP contribution in [0.5, 0.6) is 0 Å². The molecule has 4 aromatic rings. The van der Waals surface area contributed by atoms with Gasteiger partial charge in [-0.25, -0.2) is 4.52 Å². The number of amides is 1. The van der Waals surface area contributed by atoms with Crippen LogP contribution in [0.3, 0.4) is 0 Å². The molecule has 0 fully saturated rings. The smallest absolute Gasteiger partial charge is 0.258 e. The molecule has 0 unspecified atom stereocenters. The Kier molecular flexibility index (Phi) is 4.03. The van der Waals surface area contributed by atoms with Crippen LogP contribution in [0.25, 0.3) is 16.6 Å². The molecule has 3 aromatic heterocycles. The van der Waals surface area contributed by atoms with E-state index in [4.69, 9.17) is 0 Å². The molecule has 5 nitrogen and oxygen atoms in total. The Morgan fingerprint density at radius 2 is 1.84 bits per heavy atom. The molecule has 6 heteroatoms. The van der Waals surface area contributed by atoms with Crippen molar-refractivity contribution in [2.75, 3.05) is 5.32 Å². The van der Waals surface area contributed by atoms with Crippen molar-refractivity contribution in [1.29, 1.82) is 0 Å². The summed E-state index contributed by atoms with van der Waals surface area (Å²) in [5, 5.41) is 7.26. The normalized spacial score (nSPS) is 10.8. The van der Waals surface area contributed by atoms with E-state index < -0.39 is 0 Å². The van der Waals surface area contributed by atoms with Crippen LogP contribution in [0.15, 0.2) is 77.7 Å². The minimum absolute atomic E-state index is 0.230. The molecule has 1 amide bonds. The fourth-order valence-corrected chi connectivity index (χ4v) is 3.00. The average Bonchev–Trinajstić information content (AvgIpc) is 3.04. The third-order valence-corrected chi connectivity index (χ3v) is 4.46. The molecule has 3 heterocycles. The number of hydrogen-bond donors (Lipinski definition) is 1. The van der Waals surface area contributed by atoms with Crippen molar-refractivity contribution in [3.05, 3.63) is 83.2 Å². The first kappa shape index (κ1) is 15.5. The van der Waals surface area contributed by atoms with Crippen LogP contribution in [-0.4, -0.2) is 20.5 Å². The summed E-state index contributed by atoms with van der Waals surface area (Å²) in [6.45, 7) is 0. The highest BCUT2D eigenvalue weighted by Crippen LogP contribution is 2.29. The lowest BCUT2D eigenvalue weighted by atomic mass is 10.1. The van der Waals surface area contributed by atoms with E-state index in [0.717, 1.165) is 21.1 Å². The molecule has 0 atom stereocenters. The number of halogens is 1. The highest BCUT2D eigenvalue weighted by molar-refractivity contribution is 9.10. The van der Waals surface area contributed by atoms with Crippen LogP contribution < -0.4 is 5.32 Å². The molecule has 0 bridgehead atoms. The molecule has 0 aliphatic heterocycles. The Balaban J connectivity index is 1.81. The standard InChI is InChI=1S/C19H13BrN4O/c20-16-12-22-24-17(16)9-15(13-5-2-1-3-6-13)10-18(24)23-19(25)14-7-4-8-21-11-14/h1-12H,(H,23,25). The topological polar surface area (TPSA) is 59.3 Å². The minimum Gasteiger partial charge on any atom is -0.306 e. The average molecular weight is 393 g/mol. The summed E-state index contributed by atoms with van der Waals surface area (Å²) in [6, 6.07) is 17.4. The molecule has 25 heavy (non-hydrogen) atoms. The number of rotatable bonds is 3. The third kappa shape index (κ3) is 3.04. The van der Waals surface area contributed by atoms with Gasteiger partial charge in [0, 0.05) is 12.4 Å². The number of carbonyl (C=O) groups excluding carboxylic acids is 1. The number of aromatic nitrogens is 3. The number of carbonyl (C=O) groups is 1. The summed E-state index contributed by atoms with van der Waals surface area (Å²) >= 11 is 3.51. The van der Waals surface area contributed by atoms with Gasteiger partial charge in [0.1, 0.15) is 5.82 Å². The molecule has 0 saturated carbocycles. The van der Waals surface area contributed by atoms with E-state index in [1.165, 1.54) is 6.20 Å². The lowest BCUT2D eigenvalue weighted by molar-refractivity contribution is 0.102. The first-order chi connectivity index (χ1) is 12.2. The first-order valence-electron chi connectivity index (χ1n) is 7.66. The molecular weight excluding hydrogens is 380 g/mol. The maximum Gasteiger partial charge on any atom is 0.258 e. The van der Waals surface area contributed by atoms with Gasteiger partial charge in [-0.15, -0.1) is 0 Å². The zero-order chi connectivity index (χ0) is 17.2. The third-order valence-electron chi connectivity index (χ3n) is 3.84. The summed E-state index contributed by atoms with van der Waals surface area (Å²) in [5.74, 6) is 0.363. The lowest BCUT2D eigenvalue weighted by Crippen LogP contribution is -2.15. The van der Waals surface area contributed by atoms with E-state index in [1.807, 2.05) is 42.5 Å². The molecular formula is C19H13BrN4O. The molecule has 0 spiro atoms. The molecule has 0 aliphatic carbocycles. The predicted molar refractivity (Wildman–Crippen MR) is 101 cm³/mol. The first-order valence-corrected chi connectivity index (χ1v) is 8.46. The van der Waals surface area contributed by atoms with Crippen LogP contribution in [0.1, 0.15) is 10.4 Å². The van der Waals surface area contributed by atoms with Crippen molar-refractivity contribution in [3.8, 4) is 11.1 Å². The highest BCUT2D eigenvalue weighted by Gasteiger charge is 2.13. The van der Waals surface area contributed by atoms with Crippen molar-refractivity contribution in [3.63, 3.8) is 0 Å². The monoisotopic (exact) mass is 392 g/mol. The summed E-state index contributed by atoms with van der Waals surface area (Å²) in [5.41, 5.74) is 3.43. The molecule has 0 saturated heterocycles. The minimum atomic E-state index is -0.230. The van der Waals surface area contributed by atoms with Gasteiger partial charge in [0.05, 0.1) is 21.7 Å². The SMILES string of the molecule is O=C(Nc1cc(-c2ccccc2)cc2c(Br)cnn12)c1cccnc1. The number of anilines is 1. The molecule has 0 radical (unpaired) electrons. The molecule has 0 aliphatic rings. The van der Waals surface area contributed by atoms with E-state index in [1.54, 1.807) is 29.0 Å². The number of pyridine rings is 2. The second-order valence-corrected chi connectivity index (χ2v) is 6.33. The van der Waals surface area contributed by atoms with Gasteiger partial charge in [0.15, 0.2) is 0 Å². The van der Waals surface area contributed by atoms with E-state index in [2.05, 4.69) is 31.3 Å². The van der Waals surface area contributed by atoms with Crippen LogP contribution in [0.4, 0.5) is 5.82 Å². The van der Waals surface area contributed by atoms with Crippen molar-refractivity contribution in [1.82, 2.24) is 14.6 Å². The maximum atomic E-state index is 12.5. The molecule has 122 valence electrons. The van der Waals surface area contributed by atoms with Gasteiger partial charge in [-0.05, 0) is 51.3 Å². The number of nitrogens with one attached hydrogen (secondary N) is 1. The number of benzene rings is 1. The zero-order valence-electron chi connectivity index (χ0n) is 13.1. The van der Waals surface area contributed by atoms with Crippen LogP contribution >= 0.6 is 15.9 Å². The Morgan fingerprint density at radius 1 is 1.00 bits per heavy atom.